The number of carbonyl (C=O) groups is 1. The van der Waals surface area contributed by atoms with E-state index in [0.717, 1.165) is 0 Å². The smallest absolute Gasteiger partial charge is 0.237 e. The first-order chi connectivity index (χ1) is 6.13. The molecule has 0 fully saturated rings. The van der Waals surface area contributed by atoms with Crippen LogP contribution in [0.4, 0.5) is 5.69 Å². The quantitative estimate of drug-likeness (QED) is 0.658. The highest BCUT2D eigenvalue weighted by molar-refractivity contribution is 5.90. The zero-order valence-corrected chi connectivity index (χ0v) is 7.00. The van der Waals surface area contributed by atoms with Crippen molar-refractivity contribution in [3.8, 4) is 5.75 Å². The predicted molar refractivity (Wildman–Crippen MR) is 47.2 cm³/mol. The van der Waals surface area contributed by atoms with E-state index in [9.17, 15) is 9.59 Å². The number of hydrogen-bond acceptors (Lipinski definition) is 3. The molecule has 1 radical (unpaired) electrons. The summed E-state index contributed by atoms with van der Waals surface area (Å²) < 4.78 is 0. The molecule has 1 aromatic rings. The molecular weight excluding hydrogens is 170 g/mol. The van der Waals surface area contributed by atoms with Crippen LogP contribution in [-0.4, -0.2) is 17.3 Å². The van der Waals surface area contributed by atoms with Gasteiger partial charge in [0.15, 0.2) is 0 Å². The molecular formula is C9H8NO3. The Kier molecular flexibility index (Phi) is 2.64. The van der Waals surface area contributed by atoms with Crippen LogP contribution in [0.1, 0.15) is 12.5 Å². The van der Waals surface area contributed by atoms with Crippen LogP contribution in [0.25, 0.3) is 0 Å². The van der Waals surface area contributed by atoms with E-state index >= 15 is 0 Å². The van der Waals surface area contributed by atoms with E-state index in [1.165, 1.54) is 25.1 Å². The van der Waals surface area contributed by atoms with Gasteiger partial charge in [-0.15, -0.1) is 0 Å². The van der Waals surface area contributed by atoms with Gasteiger partial charge in [0, 0.05) is 12.6 Å². The lowest BCUT2D eigenvalue weighted by Gasteiger charge is -2.02. The fourth-order valence-corrected chi connectivity index (χ4v) is 0.899. The number of benzene rings is 1. The van der Waals surface area contributed by atoms with Gasteiger partial charge in [0.2, 0.25) is 12.2 Å². The number of phenols is 1. The van der Waals surface area contributed by atoms with Crippen molar-refractivity contribution in [3.63, 3.8) is 0 Å². The Labute approximate surface area is 75.2 Å². The summed E-state index contributed by atoms with van der Waals surface area (Å²) in [6.07, 6.45) is 1.56. The Hall–Kier alpha value is -1.84. The maximum atomic E-state index is 10.6. The second-order valence-electron chi connectivity index (χ2n) is 2.52. The van der Waals surface area contributed by atoms with E-state index in [-0.39, 0.29) is 17.2 Å². The highest BCUT2D eigenvalue weighted by Gasteiger charge is 2.02. The second kappa shape index (κ2) is 3.71. The number of amides is 1. The maximum Gasteiger partial charge on any atom is 0.237 e. The van der Waals surface area contributed by atoms with Crippen LogP contribution in [0.5, 0.6) is 5.75 Å². The summed E-state index contributed by atoms with van der Waals surface area (Å²) >= 11 is 0. The molecule has 1 amide bonds. The molecule has 0 atom stereocenters. The predicted octanol–water partition coefficient (Wildman–Crippen LogP) is 0.808. The van der Waals surface area contributed by atoms with E-state index in [4.69, 9.17) is 5.11 Å². The summed E-state index contributed by atoms with van der Waals surface area (Å²) in [6, 6.07) is 4.17. The fourth-order valence-electron chi connectivity index (χ4n) is 0.899. The fraction of sp³-hybridized carbons (Fsp3) is 0.111. The number of anilines is 1. The molecule has 13 heavy (non-hydrogen) atoms. The van der Waals surface area contributed by atoms with E-state index in [1.807, 2.05) is 0 Å². The Morgan fingerprint density at radius 3 is 2.77 bits per heavy atom. The minimum Gasteiger partial charge on any atom is -0.507 e. The number of phenolic OH excluding ortho intramolecular Hbond substituents is 1. The molecule has 1 rings (SSSR count). The molecule has 0 aliphatic rings. The van der Waals surface area contributed by atoms with Crippen molar-refractivity contribution in [3.05, 3.63) is 23.8 Å². The molecule has 4 heteroatoms. The molecule has 0 spiro atoms. The average molecular weight is 178 g/mol. The van der Waals surface area contributed by atoms with Gasteiger partial charge in [-0.05, 0) is 18.2 Å². The van der Waals surface area contributed by atoms with Gasteiger partial charge in [0.1, 0.15) is 5.75 Å². The molecule has 2 N–H and O–H groups in total. The summed E-state index contributed by atoms with van der Waals surface area (Å²) in [5, 5.41) is 11.6. The van der Waals surface area contributed by atoms with Gasteiger partial charge < -0.3 is 10.4 Å². The lowest BCUT2D eigenvalue weighted by atomic mass is 10.2. The van der Waals surface area contributed by atoms with Crippen molar-refractivity contribution in [1.29, 1.82) is 0 Å². The summed E-state index contributed by atoms with van der Waals surface area (Å²) in [6.45, 7) is 1.36. The highest BCUT2D eigenvalue weighted by Crippen LogP contribution is 2.19. The molecule has 4 nitrogen and oxygen atoms in total. The van der Waals surface area contributed by atoms with E-state index in [0.29, 0.717) is 5.69 Å². The number of aromatic hydroxyl groups is 1. The van der Waals surface area contributed by atoms with Gasteiger partial charge in [0.25, 0.3) is 0 Å². The largest absolute Gasteiger partial charge is 0.507 e. The third-order valence-corrected chi connectivity index (χ3v) is 1.43. The van der Waals surface area contributed by atoms with Crippen molar-refractivity contribution in [1.82, 2.24) is 0 Å². The van der Waals surface area contributed by atoms with E-state index in [2.05, 4.69) is 5.32 Å². The summed E-state index contributed by atoms with van der Waals surface area (Å²) in [5.41, 5.74) is 0.495. The first kappa shape index (κ1) is 9.25. The van der Waals surface area contributed by atoms with Crippen LogP contribution in [0, 0.1) is 0 Å². The van der Waals surface area contributed by atoms with Crippen LogP contribution >= 0.6 is 0 Å². The molecule has 0 unspecified atom stereocenters. The van der Waals surface area contributed by atoms with E-state index in [1.54, 1.807) is 6.29 Å². The lowest BCUT2D eigenvalue weighted by Crippen LogP contribution is -2.05. The number of hydrogen-bond donors (Lipinski definition) is 2. The zero-order chi connectivity index (χ0) is 9.84. The van der Waals surface area contributed by atoms with Crippen molar-refractivity contribution >= 4 is 17.9 Å². The van der Waals surface area contributed by atoms with Gasteiger partial charge in [-0.3, -0.25) is 9.59 Å². The Balaban J connectivity index is 2.99. The molecule has 0 saturated carbocycles. The average Bonchev–Trinajstić information content (AvgIpc) is 2.07. The summed E-state index contributed by atoms with van der Waals surface area (Å²) in [4.78, 5) is 20.9. The Bertz CT molecular complexity index is 347. The number of rotatable bonds is 2. The van der Waals surface area contributed by atoms with Gasteiger partial charge >= 0.3 is 0 Å². The molecule has 1 aromatic carbocycles. The van der Waals surface area contributed by atoms with Crippen molar-refractivity contribution < 1.29 is 14.7 Å². The van der Waals surface area contributed by atoms with Crippen LogP contribution in [0.15, 0.2) is 18.2 Å². The lowest BCUT2D eigenvalue weighted by molar-refractivity contribution is -0.114. The SMILES string of the molecule is CC(=O)Nc1ccc(O)c([C]=O)c1. The van der Waals surface area contributed by atoms with Crippen LogP contribution < -0.4 is 5.32 Å². The first-order valence-electron chi connectivity index (χ1n) is 3.62. The second-order valence-corrected chi connectivity index (χ2v) is 2.52. The highest BCUT2D eigenvalue weighted by atomic mass is 16.3. The summed E-state index contributed by atoms with van der Waals surface area (Å²) in [7, 11) is 0. The molecule has 0 saturated heterocycles. The van der Waals surface area contributed by atoms with Crippen LogP contribution in [0.3, 0.4) is 0 Å². The standard InChI is InChI=1S/C9H8NO3/c1-6(12)10-8-2-3-9(13)7(4-8)5-11/h2-4,13H,1H3,(H,10,12). The van der Waals surface area contributed by atoms with Gasteiger partial charge in [-0.2, -0.15) is 0 Å². The molecule has 0 heterocycles. The topological polar surface area (TPSA) is 66.4 Å². The summed E-state index contributed by atoms with van der Waals surface area (Å²) in [5.74, 6) is -0.383. The minimum atomic E-state index is -0.234. The Morgan fingerprint density at radius 2 is 2.23 bits per heavy atom. The Morgan fingerprint density at radius 1 is 1.54 bits per heavy atom. The monoisotopic (exact) mass is 178 g/mol. The van der Waals surface area contributed by atoms with Gasteiger partial charge in [0.05, 0.1) is 5.56 Å². The molecule has 67 valence electrons. The van der Waals surface area contributed by atoms with E-state index < -0.39 is 0 Å². The van der Waals surface area contributed by atoms with Crippen molar-refractivity contribution in [2.45, 2.75) is 6.92 Å². The molecule has 0 aliphatic carbocycles. The van der Waals surface area contributed by atoms with Crippen LogP contribution in [0.2, 0.25) is 0 Å². The third-order valence-electron chi connectivity index (χ3n) is 1.43. The van der Waals surface area contributed by atoms with Gasteiger partial charge in [-0.25, -0.2) is 0 Å². The van der Waals surface area contributed by atoms with Crippen LogP contribution in [-0.2, 0) is 9.59 Å². The molecule has 0 aromatic heterocycles. The molecule has 0 aliphatic heterocycles. The molecule has 0 bridgehead atoms. The van der Waals surface area contributed by atoms with Crippen molar-refractivity contribution in [2.24, 2.45) is 0 Å². The first-order valence-corrected chi connectivity index (χ1v) is 3.62. The minimum absolute atomic E-state index is 0.0336. The third kappa shape index (κ3) is 2.30. The van der Waals surface area contributed by atoms with Gasteiger partial charge in [-0.1, -0.05) is 0 Å². The maximum absolute atomic E-state index is 10.6. The normalized spacial score (nSPS) is 9.31. The van der Waals surface area contributed by atoms with Crippen molar-refractivity contribution in [2.75, 3.05) is 5.32 Å². The zero-order valence-electron chi connectivity index (χ0n) is 7.00. The number of nitrogens with one attached hydrogen (secondary N) is 1. The number of carbonyl (C=O) groups excluding carboxylic acids is 2.